The number of halogens is 1. The molecule has 1 aromatic heterocycles. The van der Waals surface area contributed by atoms with Gasteiger partial charge in [-0.2, -0.15) is 5.10 Å². The van der Waals surface area contributed by atoms with Crippen molar-refractivity contribution in [2.75, 3.05) is 13.1 Å². The summed E-state index contributed by atoms with van der Waals surface area (Å²) in [6.45, 7) is 1.65. The lowest BCUT2D eigenvalue weighted by molar-refractivity contribution is 0.302. The minimum atomic E-state index is -0.514. The Labute approximate surface area is 149 Å². The topological polar surface area (TPSA) is 73.6 Å². The van der Waals surface area contributed by atoms with E-state index in [4.69, 9.17) is 12.2 Å². The normalized spacial score (nSPS) is 15.5. The lowest BCUT2D eigenvalue weighted by Gasteiger charge is -2.16. The summed E-state index contributed by atoms with van der Waals surface area (Å²) in [5.74, 6) is -0.721. The highest BCUT2D eigenvalue weighted by atomic mass is 32.1. The van der Waals surface area contributed by atoms with Crippen LogP contribution in [0, 0.1) is 10.6 Å². The van der Waals surface area contributed by atoms with Crippen molar-refractivity contribution in [3.8, 4) is 11.6 Å². The minimum absolute atomic E-state index is 0.0159. The molecule has 0 bridgehead atoms. The highest BCUT2D eigenvalue weighted by Crippen LogP contribution is 2.19. The Hall–Kier alpha value is -2.48. The van der Waals surface area contributed by atoms with Crippen LogP contribution in [0.2, 0.25) is 0 Å². The van der Waals surface area contributed by atoms with Gasteiger partial charge < -0.3 is 5.11 Å². The molecule has 1 saturated heterocycles. The number of H-pyrrole nitrogens is 1. The summed E-state index contributed by atoms with van der Waals surface area (Å²) in [5, 5.41) is 16.8. The van der Waals surface area contributed by atoms with E-state index in [0.29, 0.717) is 5.69 Å². The molecule has 2 N–H and O–H groups in total. The summed E-state index contributed by atoms with van der Waals surface area (Å²) in [4.78, 5) is 14.7. The standard InChI is InChI=1S/C17H19FN4O2S/c18-12-5-7-13(8-6-12)22-16(24)14(15(23)20-17(22)25)11-19-21-9-3-1-2-4-10-21/h5-8,11,24H,1-4,9-10H2,(H,20,23,25)/b19-11+. The van der Waals surface area contributed by atoms with Crippen molar-refractivity contribution in [2.24, 2.45) is 5.10 Å². The molecule has 0 saturated carbocycles. The minimum Gasteiger partial charge on any atom is -0.494 e. The fraction of sp³-hybridized carbons (Fsp3) is 0.353. The summed E-state index contributed by atoms with van der Waals surface area (Å²) in [5.41, 5.74) is -0.0498. The molecule has 2 heterocycles. The van der Waals surface area contributed by atoms with E-state index in [1.165, 1.54) is 47.9 Å². The zero-order valence-electron chi connectivity index (χ0n) is 13.6. The monoisotopic (exact) mass is 362 g/mol. The molecule has 0 radical (unpaired) electrons. The maximum absolute atomic E-state index is 13.1. The number of aromatic nitrogens is 2. The molecule has 1 aliphatic heterocycles. The Kier molecular flexibility index (Phi) is 5.28. The van der Waals surface area contributed by atoms with E-state index in [1.54, 1.807) is 0 Å². The predicted molar refractivity (Wildman–Crippen MR) is 96.5 cm³/mol. The molecule has 0 amide bonds. The van der Waals surface area contributed by atoms with Gasteiger partial charge in [0.2, 0.25) is 5.88 Å². The van der Waals surface area contributed by atoms with Crippen LogP contribution in [-0.2, 0) is 0 Å². The average Bonchev–Trinajstić information content (AvgIpc) is 2.85. The van der Waals surface area contributed by atoms with E-state index < -0.39 is 11.4 Å². The van der Waals surface area contributed by atoms with Crippen LogP contribution in [0.25, 0.3) is 5.69 Å². The Morgan fingerprint density at radius 3 is 2.44 bits per heavy atom. The lowest BCUT2D eigenvalue weighted by atomic mass is 10.2. The molecular formula is C17H19FN4O2S. The van der Waals surface area contributed by atoms with E-state index in [2.05, 4.69) is 10.1 Å². The summed E-state index contributed by atoms with van der Waals surface area (Å²) < 4.78 is 14.4. The van der Waals surface area contributed by atoms with Crippen LogP contribution in [0.3, 0.4) is 0 Å². The van der Waals surface area contributed by atoms with Gasteiger partial charge in [-0.3, -0.25) is 19.4 Å². The third-order valence-electron chi connectivity index (χ3n) is 4.14. The van der Waals surface area contributed by atoms with Crippen molar-refractivity contribution in [3.05, 3.63) is 50.8 Å². The maximum Gasteiger partial charge on any atom is 0.264 e. The third-order valence-corrected chi connectivity index (χ3v) is 4.42. The van der Waals surface area contributed by atoms with E-state index in [0.717, 1.165) is 25.9 Å². The van der Waals surface area contributed by atoms with Gasteiger partial charge in [0.15, 0.2) is 4.77 Å². The number of benzene rings is 1. The Bertz CT molecular complexity index is 881. The molecule has 0 spiro atoms. The first kappa shape index (κ1) is 17.3. The van der Waals surface area contributed by atoms with Gasteiger partial charge in [0, 0.05) is 13.1 Å². The first-order valence-electron chi connectivity index (χ1n) is 8.19. The number of nitrogens with one attached hydrogen (secondary N) is 1. The Morgan fingerprint density at radius 2 is 1.80 bits per heavy atom. The second-order valence-corrected chi connectivity index (χ2v) is 6.31. The van der Waals surface area contributed by atoms with Gasteiger partial charge in [0.1, 0.15) is 11.4 Å². The molecule has 1 fully saturated rings. The second kappa shape index (κ2) is 7.60. The molecule has 3 rings (SSSR count). The van der Waals surface area contributed by atoms with Crippen LogP contribution in [0.5, 0.6) is 5.88 Å². The van der Waals surface area contributed by atoms with Crippen LogP contribution in [-0.4, -0.2) is 39.0 Å². The van der Waals surface area contributed by atoms with Crippen molar-refractivity contribution in [3.63, 3.8) is 0 Å². The van der Waals surface area contributed by atoms with Crippen LogP contribution in [0.1, 0.15) is 31.2 Å². The van der Waals surface area contributed by atoms with Gasteiger partial charge in [-0.25, -0.2) is 4.39 Å². The zero-order valence-corrected chi connectivity index (χ0v) is 14.4. The fourth-order valence-corrected chi connectivity index (χ4v) is 3.08. The van der Waals surface area contributed by atoms with Crippen molar-refractivity contribution >= 4 is 18.4 Å². The van der Waals surface area contributed by atoms with E-state index in [9.17, 15) is 14.3 Å². The number of hydrogen-bond acceptors (Lipinski definition) is 5. The van der Waals surface area contributed by atoms with Crippen LogP contribution in [0.15, 0.2) is 34.2 Å². The molecule has 0 unspecified atom stereocenters. The van der Waals surface area contributed by atoms with E-state index in [-0.39, 0.29) is 16.2 Å². The lowest BCUT2D eigenvalue weighted by Crippen LogP contribution is -2.21. The first-order valence-corrected chi connectivity index (χ1v) is 8.60. The first-order chi connectivity index (χ1) is 12.1. The number of aromatic amines is 1. The molecule has 0 aliphatic carbocycles. The van der Waals surface area contributed by atoms with Gasteiger partial charge in [0.25, 0.3) is 5.56 Å². The number of nitrogens with zero attached hydrogens (tertiary/aromatic N) is 3. The molecule has 2 aromatic rings. The van der Waals surface area contributed by atoms with Gasteiger partial charge in [-0.15, -0.1) is 0 Å². The zero-order chi connectivity index (χ0) is 17.8. The van der Waals surface area contributed by atoms with Gasteiger partial charge in [0.05, 0.1) is 11.9 Å². The van der Waals surface area contributed by atoms with E-state index >= 15 is 0 Å². The summed E-state index contributed by atoms with van der Waals surface area (Å²) in [7, 11) is 0. The Morgan fingerprint density at radius 1 is 1.16 bits per heavy atom. The summed E-state index contributed by atoms with van der Waals surface area (Å²) >= 11 is 5.13. The van der Waals surface area contributed by atoms with Crippen LogP contribution < -0.4 is 5.56 Å². The highest BCUT2D eigenvalue weighted by Gasteiger charge is 2.13. The third kappa shape index (κ3) is 3.96. The Balaban J connectivity index is 1.99. The van der Waals surface area contributed by atoms with Crippen molar-refractivity contribution < 1.29 is 9.50 Å². The average molecular weight is 362 g/mol. The fourth-order valence-electron chi connectivity index (χ4n) is 2.79. The molecule has 0 atom stereocenters. The van der Waals surface area contributed by atoms with Gasteiger partial charge in [-0.05, 0) is 49.3 Å². The SMILES string of the molecule is O=c1[nH]c(=S)n(-c2ccc(F)cc2)c(O)c1/C=N/N1CCCCCC1. The quantitative estimate of drug-likeness (QED) is 0.650. The summed E-state index contributed by atoms with van der Waals surface area (Å²) in [6.07, 6.45) is 5.81. The van der Waals surface area contributed by atoms with Crippen LogP contribution >= 0.6 is 12.2 Å². The number of rotatable bonds is 3. The molecule has 132 valence electrons. The second-order valence-electron chi connectivity index (χ2n) is 5.92. The van der Waals surface area contributed by atoms with Gasteiger partial charge >= 0.3 is 0 Å². The molecule has 1 aromatic carbocycles. The molecular weight excluding hydrogens is 343 g/mol. The van der Waals surface area contributed by atoms with Crippen molar-refractivity contribution in [2.45, 2.75) is 25.7 Å². The highest BCUT2D eigenvalue weighted by molar-refractivity contribution is 7.71. The smallest absolute Gasteiger partial charge is 0.264 e. The summed E-state index contributed by atoms with van der Waals surface area (Å²) in [6, 6.07) is 5.46. The van der Waals surface area contributed by atoms with Gasteiger partial charge in [-0.1, -0.05) is 12.8 Å². The predicted octanol–water partition coefficient (Wildman–Crippen LogP) is 2.95. The number of hydrazone groups is 1. The number of hydrogen-bond donors (Lipinski definition) is 2. The van der Waals surface area contributed by atoms with Crippen LogP contribution in [0.4, 0.5) is 4.39 Å². The van der Waals surface area contributed by atoms with E-state index in [1.807, 2.05) is 5.01 Å². The molecule has 8 heteroatoms. The van der Waals surface area contributed by atoms with Crippen molar-refractivity contribution in [1.82, 2.24) is 14.6 Å². The number of aromatic hydroxyl groups is 1. The molecule has 25 heavy (non-hydrogen) atoms. The molecule has 6 nitrogen and oxygen atoms in total. The molecule has 1 aliphatic rings. The van der Waals surface area contributed by atoms with Crippen molar-refractivity contribution in [1.29, 1.82) is 0 Å². The largest absolute Gasteiger partial charge is 0.494 e. The maximum atomic E-state index is 13.1.